The number of nitrogens with one attached hydrogen (secondary N) is 1. The van der Waals surface area contributed by atoms with Crippen LogP contribution in [0.25, 0.3) is 0 Å². The first kappa shape index (κ1) is 12.9. The molecule has 5 heteroatoms. The summed E-state index contributed by atoms with van der Waals surface area (Å²) in [4.78, 5) is 4.15. The summed E-state index contributed by atoms with van der Waals surface area (Å²) in [6.07, 6.45) is 1.72. The number of hydrogen-bond donors (Lipinski definition) is 1. The van der Waals surface area contributed by atoms with E-state index in [0.29, 0.717) is 18.5 Å². The maximum Gasteiger partial charge on any atom is 0.228 e. The van der Waals surface area contributed by atoms with Crippen molar-refractivity contribution in [2.24, 2.45) is 0 Å². The van der Waals surface area contributed by atoms with E-state index in [9.17, 15) is 0 Å². The van der Waals surface area contributed by atoms with Crippen LogP contribution in [0.1, 0.15) is 13.8 Å². The Morgan fingerprint density at radius 1 is 1.47 bits per heavy atom. The van der Waals surface area contributed by atoms with E-state index in [0.717, 1.165) is 15.5 Å². The van der Waals surface area contributed by atoms with Crippen LogP contribution in [-0.4, -0.2) is 24.2 Å². The Bertz CT molecular complexity index is 318. The van der Waals surface area contributed by atoms with Crippen molar-refractivity contribution < 1.29 is 4.74 Å². The molecule has 15 heavy (non-hydrogen) atoms. The fourth-order valence-corrected chi connectivity index (χ4v) is 2.11. The number of aromatic nitrogens is 1. The predicted octanol–water partition coefficient (Wildman–Crippen LogP) is 2.98. The molecule has 0 aliphatic rings. The molecule has 0 amide bonds. The lowest BCUT2D eigenvalue weighted by molar-refractivity contribution is 0.296. The Morgan fingerprint density at radius 3 is 2.80 bits per heavy atom. The zero-order valence-electron chi connectivity index (χ0n) is 8.76. The average Bonchev–Trinajstić information content (AvgIpc) is 2.14. The summed E-state index contributed by atoms with van der Waals surface area (Å²) in [7, 11) is 0. The van der Waals surface area contributed by atoms with Gasteiger partial charge in [0.25, 0.3) is 0 Å². The molecule has 0 aliphatic heterocycles. The van der Waals surface area contributed by atoms with Gasteiger partial charge in [-0.25, -0.2) is 4.98 Å². The van der Waals surface area contributed by atoms with Gasteiger partial charge in [-0.2, -0.15) is 0 Å². The normalized spacial score (nSPS) is 10.7. The molecule has 84 valence electrons. The average molecular weight is 338 g/mol. The number of pyridine rings is 1. The Kier molecular flexibility index (Phi) is 5.56. The van der Waals surface area contributed by atoms with E-state index in [-0.39, 0.29) is 0 Å². The van der Waals surface area contributed by atoms with Crippen LogP contribution < -0.4 is 10.1 Å². The smallest absolute Gasteiger partial charge is 0.228 e. The molecule has 0 saturated heterocycles. The summed E-state index contributed by atoms with van der Waals surface area (Å²) in [5.41, 5.74) is 0. The monoisotopic (exact) mass is 336 g/mol. The summed E-state index contributed by atoms with van der Waals surface area (Å²) in [6.45, 7) is 5.65. The fraction of sp³-hybridized carbons (Fsp3) is 0.500. The zero-order valence-corrected chi connectivity index (χ0v) is 11.9. The third-order valence-electron chi connectivity index (χ3n) is 1.67. The number of halogens is 2. The van der Waals surface area contributed by atoms with Gasteiger partial charge in [0, 0.05) is 23.3 Å². The standard InChI is InChI=1S/C10H14Br2N2O/c1-7(2)13-3-4-15-10-9(12)5-8(11)6-14-10/h5-7,13H,3-4H2,1-2H3. The molecule has 0 bridgehead atoms. The summed E-state index contributed by atoms with van der Waals surface area (Å²) in [5.74, 6) is 0.628. The lowest BCUT2D eigenvalue weighted by atomic mass is 10.4. The van der Waals surface area contributed by atoms with Crippen LogP contribution in [0.3, 0.4) is 0 Å². The van der Waals surface area contributed by atoms with Crippen molar-refractivity contribution in [1.82, 2.24) is 10.3 Å². The molecule has 1 rings (SSSR count). The first-order valence-corrected chi connectivity index (χ1v) is 6.35. The number of ether oxygens (including phenoxy) is 1. The van der Waals surface area contributed by atoms with Crippen LogP contribution >= 0.6 is 31.9 Å². The Morgan fingerprint density at radius 2 is 2.20 bits per heavy atom. The van der Waals surface area contributed by atoms with Crippen LogP contribution in [0, 0.1) is 0 Å². The molecule has 0 atom stereocenters. The highest BCUT2D eigenvalue weighted by atomic mass is 79.9. The van der Waals surface area contributed by atoms with Crippen molar-refractivity contribution in [3.8, 4) is 5.88 Å². The minimum atomic E-state index is 0.481. The van der Waals surface area contributed by atoms with E-state index in [1.54, 1.807) is 6.20 Å². The minimum Gasteiger partial charge on any atom is -0.476 e. The molecule has 0 fully saturated rings. The van der Waals surface area contributed by atoms with E-state index in [2.05, 4.69) is 56.0 Å². The molecular weight excluding hydrogens is 324 g/mol. The van der Waals surface area contributed by atoms with Gasteiger partial charge in [0.2, 0.25) is 5.88 Å². The maximum absolute atomic E-state index is 5.50. The Labute approximate surface area is 107 Å². The second-order valence-electron chi connectivity index (χ2n) is 3.40. The summed E-state index contributed by atoms with van der Waals surface area (Å²) >= 11 is 6.73. The van der Waals surface area contributed by atoms with E-state index in [1.807, 2.05) is 6.07 Å². The van der Waals surface area contributed by atoms with Crippen molar-refractivity contribution in [2.75, 3.05) is 13.2 Å². The van der Waals surface area contributed by atoms with Crippen molar-refractivity contribution in [3.05, 3.63) is 21.2 Å². The van der Waals surface area contributed by atoms with Crippen molar-refractivity contribution in [1.29, 1.82) is 0 Å². The third-order valence-corrected chi connectivity index (χ3v) is 2.67. The topological polar surface area (TPSA) is 34.1 Å². The van der Waals surface area contributed by atoms with Crippen molar-refractivity contribution >= 4 is 31.9 Å². The highest BCUT2D eigenvalue weighted by Gasteiger charge is 2.02. The van der Waals surface area contributed by atoms with Crippen LogP contribution in [0.2, 0.25) is 0 Å². The molecule has 1 heterocycles. The van der Waals surface area contributed by atoms with Gasteiger partial charge in [0.15, 0.2) is 0 Å². The van der Waals surface area contributed by atoms with Gasteiger partial charge in [0.1, 0.15) is 6.61 Å². The fourth-order valence-electron chi connectivity index (χ4n) is 1.00. The lowest BCUT2D eigenvalue weighted by Gasteiger charge is -2.10. The van der Waals surface area contributed by atoms with Gasteiger partial charge in [-0.15, -0.1) is 0 Å². The van der Waals surface area contributed by atoms with Gasteiger partial charge in [-0.1, -0.05) is 13.8 Å². The van der Waals surface area contributed by atoms with E-state index >= 15 is 0 Å². The van der Waals surface area contributed by atoms with Crippen LogP contribution in [0.5, 0.6) is 5.88 Å². The Balaban J connectivity index is 2.37. The van der Waals surface area contributed by atoms with Gasteiger partial charge in [0.05, 0.1) is 4.47 Å². The number of rotatable bonds is 5. The quantitative estimate of drug-likeness (QED) is 0.839. The molecule has 0 saturated carbocycles. The molecule has 0 unspecified atom stereocenters. The van der Waals surface area contributed by atoms with Crippen LogP contribution in [0.4, 0.5) is 0 Å². The molecule has 0 spiro atoms. The molecule has 3 nitrogen and oxygen atoms in total. The second-order valence-corrected chi connectivity index (χ2v) is 5.17. The van der Waals surface area contributed by atoms with Crippen LogP contribution in [0.15, 0.2) is 21.2 Å². The van der Waals surface area contributed by atoms with Gasteiger partial charge >= 0.3 is 0 Å². The predicted molar refractivity (Wildman–Crippen MR) is 68.3 cm³/mol. The zero-order chi connectivity index (χ0) is 11.3. The Hall–Kier alpha value is -0.130. The minimum absolute atomic E-state index is 0.481. The first-order chi connectivity index (χ1) is 7.09. The number of hydrogen-bond acceptors (Lipinski definition) is 3. The molecular formula is C10H14Br2N2O. The molecule has 0 aromatic carbocycles. The summed E-state index contributed by atoms with van der Waals surface area (Å²) in [5, 5.41) is 3.27. The largest absolute Gasteiger partial charge is 0.476 e. The molecule has 1 aromatic heterocycles. The van der Waals surface area contributed by atoms with Gasteiger partial charge in [-0.3, -0.25) is 0 Å². The molecule has 0 radical (unpaired) electrons. The van der Waals surface area contributed by atoms with Gasteiger partial charge < -0.3 is 10.1 Å². The van der Waals surface area contributed by atoms with E-state index in [1.165, 1.54) is 0 Å². The van der Waals surface area contributed by atoms with Crippen LogP contribution in [-0.2, 0) is 0 Å². The van der Waals surface area contributed by atoms with E-state index < -0.39 is 0 Å². The first-order valence-electron chi connectivity index (χ1n) is 4.77. The second kappa shape index (κ2) is 6.45. The molecule has 0 aliphatic carbocycles. The third kappa shape index (κ3) is 4.95. The van der Waals surface area contributed by atoms with E-state index in [4.69, 9.17) is 4.74 Å². The van der Waals surface area contributed by atoms with Crippen molar-refractivity contribution in [3.63, 3.8) is 0 Å². The summed E-state index contributed by atoms with van der Waals surface area (Å²) in [6, 6.07) is 2.40. The summed E-state index contributed by atoms with van der Waals surface area (Å²) < 4.78 is 7.30. The number of nitrogens with zero attached hydrogens (tertiary/aromatic N) is 1. The highest BCUT2D eigenvalue weighted by Crippen LogP contribution is 2.25. The highest BCUT2D eigenvalue weighted by molar-refractivity contribution is 9.11. The lowest BCUT2D eigenvalue weighted by Crippen LogP contribution is -2.27. The molecule has 1 aromatic rings. The van der Waals surface area contributed by atoms with Crippen molar-refractivity contribution in [2.45, 2.75) is 19.9 Å². The maximum atomic E-state index is 5.50. The van der Waals surface area contributed by atoms with Gasteiger partial charge in [-0.05, 0) is 37.9 Å². The SMILES string of the molecule is CC(C)NCCOc1ncc(Br)cc1Br. The molecule has 1 N–H and O–H groups in total.